The molecule has 1 N–H and O–H groups in total. The highest BCUT2D eigenvalue weighted by molar-refractivity contribution is 7.17. The van der Waals surface area contributed by atoms with Gasteiger partial charge in [0.25, 0.3) is 5.91 Å². The number of anilines is 2. The molecule has 0 atom stereocenters. The number of rotatable bonds is 4. The van der Waals surface area contributed by atoms with Crippen LogP contribution in [-0.2, 0) is 11.2 Å². The first-order chi connectivity index (χ1) is 12.3. The lowest BCUT2D eigenvalue weighted by atomic mass is 9.99. The zero-order chi connectivity index (χ0) is 18.8. The van der Waals surface area contributed by atoms with Gasteiger partial charge in [-0.05, 0) is 38.3 Å². The summed E-state index contributed by atoms with van der Waals surface area (Å²) in [4.78, 5) is 33.1. The molecule has 0 spiro atoms. The Balaban J connectivity index is 1.69. The van der Waals surface area contributed by atoms with Crippen molar-refractivity contribution in [2.75, 3.05) is 37.4 Å². The monoisotopic (exact) mass is 372 g/mol. The van der Waals surface area contributed by atoms with E-state index in [1.807, 2.05) is 0 Å². The fourth-order valence-electron chi connectivity index (χ4n) is 3.15. The number of benzene rings is 1. The number of fused-ring (bicyclic) bond motifs is 1. The summed E-state index contributed by atoms with van der Waals surface area (Å²) >= 11 is 1.22. The van der Waals surface area contributed by atoms with E-state index < -0.39 is 0 Å². The molecule has 1 aliphatic heterocycles. The van der Waals surface area contributed by atoms with E-state index in [4.69, 9.17) is 0 Å². The molecule has 1 aromatic heterocycles. The molecule has 138 valence electrons. The Morgan fingerprint density at radius 3 is 2.81 bits per heavy atom. The molecule has 26 heavy (non-hydrogen) atoms. The van der Waals surface area contributed by atoms with E-state index in [1.54, 1.807) is 21.0 Å². The van der Waals surface area contributed by atoms with Gasteiger partial charge in [-0.3, -0.25) is 9.59 Å². The summed E-state index contributed by atoms with van der Waals surface area (Å²) in [5.41, 5.74) is 4.32. The summed E-state index contributed by atoms with van der Waals surface area (Å²) < 4.78 is 0. The van der Waals surface area contributed by atoms with Gasteiger partial charge in [-0.1, -0.05) is 29.0 Å². The SMILES string of the molecule is Cc1ccc2c(c1)CCCN2CC(=O)Nc1nc(C)c(C(=O)N(C)C)s1. The van der Waals surface area contributed by atoms with Crippen LogP contribution in [0.4, 0.5) is 10.8 Å². The number of amides is 2. The molecule has 0 radical (unpaired) electrons. The largest absolute Gasteiger partial charge is 0.362 e. The van der Waals surface area contributed by atoms with E-state index in [2.05, 4.69) is 40.3 Å². The van der Waals surface area contributed by atoms with E-state index >= 15 is 0 Å². The molecule has 2 aromatic rings. The van der Waals surface area contributed by atoms with E-state index in [9.17, 15) is 9.59 Å². The third-order valence-corrected chi connectivity index (χ3v) is 5.49. The summed E-state index contributed by atoms with van der Waals surface area (Å²) in [7, 11) is 3.41. The molecule has 6 nitrogen and oxygen atoms in total. The number of hydrogen-bond acceptors (Lipinski definition) is 5. The number of thiazole rings is 1. The first-order valence-electron chi connectivity index (χ1n) is 8.68. The van der Waals surface area contributed by atoms with Gasteiger partial charge in [0.1, 0.15) is 4.88 Å². The van der Waals surface area contributed by atoms with Crippen LogP contribution in [0.15, 0.2) is 18.2 Å². The molecule has 0 saturated carbocycles. The Morgan fingerprint density at radius 1 is 1.31 bits per heavy atom. The smallest absolute Gasteiger partial charge is 0.265 e. The minimum atomic E-state index is -0.115. The zero-order valence-electron chi connectivity index (χ0n) is 15.6. The second-order valence-electron chi connectivity index (χ2n) is 6.84. The predicted octanol–water partition coefficient (Wildman–Crippen LogP) is 2.85. The molecule has 0 unspecified atom stereocenters. The molecule has 2 amide bonds. The minimum absolute atomic E-state index is 0.0965. The van der Waals surface area contributed by atoms with Crippen molar-refractivity contribution < 1.29 is 9.59 Å². The number of aromatic nitrogens is 1. The van der Waals surface area contributed by atoms with Gasteiger partial charge >= 0.3 is 0 Å². The molecular weight excluding hydrogens is 348 g/mol. The summed E-state index contributed by atoms with van der Waals surface area (Å²) in [5.74, 6) is -0.211. The molecule has 0 bridgehead atoms. The standard InChI is InChI=1S/C19H24N4O2S/c1-12-7-8-15-14(10-12)6-5-9-23(15)11-16(24)21-19-20-13(2)17(26-19)18(25)22(3)4/h7-8,10H,5-6,9,11H2,1-4H3,(H,20,21,24). The van der Waals surface area contributed by atoms with E-state index in [0.29, 0.717) is 15.7 Å². The van der Waals surface area contributed by atoms with E-state index in [-0.39, 0.29) is 18.4 Å². The fourth-order valence-corrected chi connectivity index (χ4v) is 4.16. The molecule has 0 saturated heterocycles. The minimum Gasteiger partial charge on any atom is -0.362 e. The number of nitrogens with zero attached hydrogens (tertiary/aromatic N) is 3. The quantitative estimate of drug-likeness (QED) is 0.896. The van der Waals surface area contributed by atoms with Crippen LogP contribution in [0.3, 0.4) is 0 Å². The van der Waals surface area contributed by atoms with Crippen LogP contribution in [-0.4, -0.2) is 48.9 Å². The summed E-state index contributed by atoms with van der Waals surface area (Å²) in [5, 5.41) is 3.31. The lowest BCUT2D eigenvalue weighted by molar-refractivity contribution is -0.115. The van der Waals surface area contributed by atoms with E-state index in [0.717, 1.165) is 25.1 Å². The Morgan fingerprint density at radius 2 is 2.08 bits per heavy atom. The number of carbonyl (C=O) groups excluding carboxylic acids is 2. The lowest BCUT2D eigenvalue weighted by Gasteiger charge is -2.30. The van der Waals surface area contributed by atoms with Crippen molar-refractivity contribution in [3.8, 4) is 0 Å². The van der Waals surface area contributed by atoms with Crippen LogP contribution in [0.1, 0.15) is 32.9 Å². The van der Waals surface area contributed by atoms with Crippen LogP contribution in [0.25, 0.3) is 0 Å². The first kappa shape index (κ1) is 18.4. The number of carbonyl (C=O) groups is 2. The summed E-state index contributed by atoms with van der Waals surface area (Å²) in [6.07, 6.45) is 2.10. The van der Waals surface area contributed by atoms with Crippen molar-refractivity contribution in [1.29, 1.82) is 0 Å². The van der Waals surface area contributed by atoms with Crippen molar-refractivity contribution >= 4 is 34.0 Å². The van der Waals surface area contributed by atoms with Gasteiger partial charge in [0, 0.05) is 26.3 Å². The Labute approximate surface area is 157 Å². The first-order valence-corrected chi connectivity index (χ1v) is 9.50. The summed E-state index contributed by atoms with van der Waals surface area (Å²) in [6, 6.07) is 6.37. The third-order valence-electron chi connectivity index (χ3n) is 4.43. The van der Waals surface area contributed by atoms with Crippen molar-refractivity contribution in [3.63, 3.8) is 0 Å². The normalized spacial score (nSPS) is 13.3. The molecule has 0 fully saturated rings. The van der Waals surface area contributed by atoms with Crippen LogP contribution < -0.4 is 10.2 Å². The average molecular weight is 372 g/mol. The number of nitrogens with one attached hydrogen (secondary N) is 1. The Bertz CT molecular complexity index is 844. The highest BCUT2D eigenvalue weighted by Gasteiger charge is 2.21. The maximum absolute atomic E-state index is 12.5. The maximum atomic E-state index is 12.5. The second kappa shape index (κ2) is 7.45. The predicted molar refractivity (Wildman–Crippen MR) is 105 cm³/mol. The van der Waals surface area contributed by atoms with Gasteiger partial charge in [0.05, 0.1) is 12.2 Å². The van der Waals surface area contributed by atoms with Gasteiger partial charge in [-0.25, -0.2) is 4.98 Å². The highest BCUT2D eigenvalue weighted by atomic mass is 32.1. The maximum Gasteiger partial charge on any atom is 0.265 e. The average Bonchev–Trinajstić information content (AvgIpc) is 2.93. The van der Waals surface area contributed by atoms with Crippen LogP contribution >= 0.6 is 11.3 Å². The Hall–Kier alpha value is -2.41. The van der Waals surface area contributed by atoms with Crippen molar-refractivity contribution in [2.24, 2.45) is 0 Å². The molecule has 3 rings (SSSR count). The van der Waals surface area contributed by atoms with Gasteiger partial charge < -0.3 is 15.1 Å². The Kier molecular flexibility index (Phi) is 5.27. The number of hydrogen-bond donors (Lipinski definition) is 1. The summed E-state index contributed by atoms with van der Waals surface area (Å²) in [6.45, 7) is 5.02. The topological polar surface area (TPSA) is 65.5 Å². The molecule has 2 heterocycles. The highest BCUT2D eigenvalue weighted by Crippen LogP contribution is 2.28. The molecule has 1 aromatic carbocycles. The van der Waals surface area contributed by atoms with Crippen molar-refractivity contribution in [2.45, 2.75) is 26.7 Å². The van der Waals surface area contributed by atoms with Crippen LogP contribution in [0, 0.1) is 13.8 Å². The van der Waals surface area contributed by atoms with Gasteiger partial charge in [-0.15, -0.1) is 0 Å². The fraction of sp³-hybridized carbons (Fsp3) is 0.421. The van der Waals surface area contributed by atoms with Crippen molar-refractivity contribution in [1.82, 2.24) is 9.88 Å². The third kappa shape index (κ3) is 3.88. The molecule has 7 heteroatoms. The van der Waals surface area contributed by atoms with E-state index in [1.165, 1.54) is 27.4 Å². The molecule has 0 aliphatic carbocycles. The zero-order valence-corrected chi connectivity index (χ0v) is 16.4. The van der Waals surface area contributed by atoms with Crippen LogP contribution in [0.5, 0.6) is 0 Å². The molecular formula is C19H24N4O2S. The number of aryl methyl sites for hydroxylation is 3. The van der Waals surface area contributed by atoms with Crippen LogP contribution in [0.2, 0.25) is 0 Å². The van der Waals surface area contributed by atoms with Gasteiger partial charge in [0.15, 0.2) is 5.13 Å². The second-order valence-corrected chi connectivity index (χ2v) is 7.84. The van der Waals surface area contributed by atoms with Gasteiger partial charge in [-0.2, -0.15) is 0 Å². The molecule has 1 aliphatic rings. The lowest BCUT2D eigenvalue weighted by Crippen LogP contribution is -2.36. The van der Waals surface area contributed by atoms with Crippen molar-refractivity contribution in [3.05, 3.63) is 39.9 Å². The van der Waals surface area contributed by atoms with Gasteiger partial charge in [0.2, 0.25) is 5.91 Å².